The fraction of sp³-hybridized carbons (Fsp3) is 0.550. The fourth-order valence-electron chi connectivity index (χ4n) is 7.77. The number of aliphatic hydroxyl groups is 1. The molecular weight excluding hydrogens is 528 g/mol. The van der Waals surface area contributed by atoms with Gasteiger partial charge in [-0.25, -0.2) is 0 Å². The second-order valence-electron chi connectivity index (χ2n) is 15.2. The van der Waals surface area contributed by atoms with Gasteiger partial charge in [0.15, 0.2) is 0 Å². The lowest BCUT2D eigenvalue weighted by atomic mass is 9.63. The van der Waals surface area contributed by atoms with E-state index in [1.54, 1.807) is 0 Å². The maximum Gasteiger partial charge on any atom is 0.121 e. The largest absolute Gasteiger partial charge is 0.393 e. The van der Waals surface area contributed by atoms with E-state index in [0.29, 0.717) is 6.42 Å². The number of allylic oxidation sites excluding steroid dienone is 14. The Balaban J connectivity index is 1.27. The third-order valence-electron chi connectivity index (χ3n) is 10.3. The van der Waals surface area contributed by atoms with Crippen molar-refractivity contribution in [3.8, 4) is 0 Å². The second-order valence-corrected chi connectivity index (χ2v) is 15.2. The van der Waals surface area contributed by atoms with E-state index < -0.39 is 0 Å². The highest BCUT2D eigenvalue weighted by Crippen LogP contribution is 2.66. The van der Waals surface area contributed by atoms with Crippen LogP contribution in [0.15, 0.2) is 107 Å². The number of hydrogen-bond donors (Lipinski definition) is 1. The minimum Gasteiger partial charge on any atom is -0.393 e. The second kappa shape index (κ2) is 12.5. The highest BCUT2D eigenvalue weighted by Gasteiger charge is 2.74. The van der Waals surface area contributed by atoms with Gasteiger partial charge >= 0.3 is 0 Å². The van der Waals surface area contributed by atoms with Gasteiger partial charge in [-0.05, 0) is 95.9 Å². The molecule has 234 valence electrons. The monoisotopic (exact) mass is 584 g/mol. The molecular formula is C40H56O3. The van der Waals surface area contributed by atoms with Crippen LogP contribution in [0.5, 0.6) is 0 Å². The molecule has 2 aliphatic carbocycles. The summed E-state index contributed by atoms with van der Waals surface area (Å²) in [5.74, 6) is 0. The van der Waals surface area contributed by atoms with E-state index >= 15 is 0 Å². The average Bonchev–Trinajstić information content (AvgIpc) is 3.34. The SMILES string of the molecule is CC(/C=C/C=C(C)/C=C/[C@@]12O[C@]1(C)C[C@@H](O)CC2(C)C)=C\C=C\C=C(C)\C=C\C=C(/C)C1C=C2C(C)(C)CCC[C@@]2(C)O1. The van der Waals surface area contributed by atoms with Crippen LogP contribution in [0.1, 0.15) is 101 Å². The van der Waals surface area contributed by atoms with E-state index in [9.17, 15) is 5.11 Å². The molecule has 5 atom stereocenters. The molecule has 1 unspecified atom stereocenters. The number of epoxide rings is 1. The molecule has 1 N–H and O–H groups in total. The van der Waals surface area contributed by atoms with Crippen LogP contribution >= 0.6 is 0 Å². The van der Waals surface area contributed by atoms with E-state index in [2.05, 4.69) is 148 Å². The lowest BCUT2D eigenvalue weighted by Gasteiger charge is -2.42. The van der Waals surface area contributed by atoms with Crippen molar-refractivity contribution in [1.82, 2.24) is 0 Å². The maximum atomic E-state index is 10.3. The van der Waals surface area contributed by atoms with E-state index in [-0.39, 0.29) is 39.8 Å². The van der Waals surface area contributed by atoms with Gasteiger partial charge in [-0.3, -0.25) is 0 Å². The summed E-state index contributed by atoms with van der Waals surface area (Å²) in [5, 5.41) is 10.3. The van der Waals surface area contributed by atoms with Crippen LogP contribution in [-0.4, -0.2) is 34.1 Å². The van der Waals surface area contributed by atoms with Crippen LogP contribution in [0.25, 0.3) is 0 Å². The minimum absolute atomic E-state index is 0.0730. The Morgan fingerprint density at radius 2 is 1.35 bits per heavy atom. The first-order chi connectivity index (χ1) is 20.0. The Morgan fingerprint density at radius 1 is 0.767 bits per heavy atom. The quantitative estimate of drug-likeness (QED) is 0.167. The van der Waals surface area contributed by atoms with Crippen molar-refractivity contribution in [2.45, 2.75) is 130 Å². The van der Waals surface area contributed by atoms with E-state index in [1.165, 1.54) is 40.7 Å². The Labute approximate surface area is 262 Å². The van der Waals surface area contributed by atoms with Crippen LogP contribution in [0.4, 0.5) is 0 Å². The molecule has 2 saturated carbocycles. The summed E-state index contributed by atoms with van der Waals surface area (Å²) >= 11 is 0. The molecule has 43 heavy (non-hydrogen) atoms. The highest BCUT2D eigenvalue weighted by atomic mass is 16.6. The average molecular weight is 585 g/mol. The van der Waals surface area contributed by atoms with Crippen LogP contribution in [0, 0.1) is 10.8 Å². The van der Waals surface area contributed by atoms with Gasteiger partial charge in [-0.2, -0.15) is 0 Å². The Hall–Kier alpha value is -2.46. The summed E-state index contributed by atoms with van der Waals surface area (Å²) < 4.78 is 12.8. The van der Waals surface area contributed by atoms with Gasteiger partial charge in [0.05, 0.1) is 17.8 Å². The number of aliphatic hydroxyl groups excluding tert-OH is 1. The molecule has 3 fully saturated rings. The number of ether oxygens (including phenoxy) is 2. The van der Waals surface area contributed by atoms with Gasteiger partial charge in [-0.1, -0.05) is 111 Å². The Kier molecular flexibility index (Phi) is 9.72. The van der Waals surface area contributed by atoms with Crippen LogP contribution in [-0.2, 0) is 9.47 Å². The molecule has 0 amide bonds. The van der Waals surface area contributed by atoms with Crippen LogP contribution < -0.4 is 0 Å². The molecule has 0 aromatic carbocycles. The predicted molar refractivity (Wildman–Crippen MR) is 182 cm³/mol. The standard InChI is InChI=1S/C40H56O3/c1-29(18-13-19-31(3)22-25-40-37(7,8)27-33(41)28-39(40,10)43-40)16-11-12-17-30(2)20-14-21-32(4)34-26-35-36(5,6)23-15-24-38(35,9)42-34/h11-14,16-22,25-26,33-34,41H,15,23-24,27-28H2,1-10H3/b12-11+,18-13+,20-14+,25-22+,29-16+,30-17+,31-19+,32-21+/t33-,34?,38+,39+,40-/m0/s1. The van der Waals surface area contributed by atoms with E-state index in [4.69, 9.17) is 9.47 Å². The number of fused-ring (bicyclic) bond motifs is 2. The zero-order valence-corrected chi connectivity index (χ0v) is 28.5. The normalized spacial score (nSPS) is 36.6. The van der Waals surface area contributed by atoms with Gasteiger partial charge in [-0.15, -0.1) is 0 Å². The molecule has 1 saturated heterocycles. The van der Waals surface area contributed by atoms with Crippen LogP contribution in [0.3, 0.4) is 0 Å². The molecule has 2 heterocycles. The van der Waals surface area contributed by atoms with Crippen molar-refractivity contribution in [3.63, 3.8) is 0 Å². The summed E-state index contributed by atoms with van der Waals surface area (Å²) in [6, 6.07) is 0. The third-order valence-corrected chi connectivity index (χ3v) is 10.3. The fourth-order valence-corrected chi connectivity index (χ4v) is 7.77. The minimum atomic E-state index is -0.286. The van der Waals surface area contributed by atoms with E-state index in [1.807, 2.05) is 0 Å². The summed E-state index contributed by atoms with van der Waals surface area (Å²) in [6.45, 7) is 22.0. The number of hydrogen-bond acceptors (Lipinski definition) is 3. The lowest BCUT2D eigenvalue weighted by Crippen LogP contribution is -2.46. The van der Waals surface area contributed by atoms with Crippen molar-refractivity contribution in [1.29, 1.82) is 0 Å². The van der Waals surface area contributed by atoms with Gasteiger partial charge in [0, 0.05) is 11.8 Å². The maximum absolute atomic E-state index is 10.3. The van der Waals surface area contributed by atoms with Gasteiger partial charge in [0.2, 0.25) is 0 Å². The zero-order valence-electron chi connectivity index (χ0n) is 28.5. The molecule has 0 aromatic rings. The van der Waals surface area contributed by atoms with Crippen molar-refractivity contribution >= 4 is 0 Å². The Bertz CT molecular complexity index is 1340. The summed E-state index contributed by atoms with van der Waals surface area (Å²) in [5.41, 5.74) is 5.78. The molecule has 4 aliphatic rings. The lowest BCUT2D eigenvalue weighted by molar-refractivity contribution is -0.0307. The Morgan fingerprint density at radius 3 is 1.95 bits per heavy atom. The number of rotatable bonds is 9. The van der Waals surface area contributed by atoms with Crippen molar-refractivity contribution < 1.29 is 14.6 Å². The molecule has 3 nitrogen and oxygen atoms in total. The summed E-state index contributed by atoms with van der Waals surface area (Å²) in [7, 11) is 0. The highest BCUT2D eigenvalue weighted by molar-refractivity contribution is 5.38. The summed E-state index contributed by atoms with van der Waals surface area (Å²) in [6.07, 6.45) is 32.9. The van der Waals surface area contributed by atoms with Crippen LogP contribution in [0.2, 0.25) is 0 Å². The third kappa shape index (κ3) is 7.27. The molecule has 0 spiro atoms. The van der Waals surface area contributed by atoms with Crippen molar-refractivity contribution in [2.75, 3.05) is 0 Å². The molecule has 0 radical (unpaired) electrons. The zero-order chi connectivity index (χ0) is 31.7. The molecule has 4 rings (SSSR count). The first-order valence-corrected chi connectivity index (χ1v) is 16.2. The topological polar surface area (TPSA) is 42.0 Å². The molecule has 2 aliphatic heterocycles. The molecule has 0 aromatic heterocycles. The molecule has 3 heteroatoms. The molecule has 0 bridgehead atoms. The summed E-state index contributed by atoms with van der Waals surface area (Å²) in [4.78, 5) is 0. The van der Waals surface area contributed by atoms with Crippen molar-refractivity contribution in [2.24, 2.45) is 10.8 Å². The smallest absolute Gasteiger partial charge is 0.121 e. The van der Waals surface area contributed by atoms with E-state index in [0.717, 1.165) is 12.8 Å². The first-order valence-electron chi connectivity index (χ1n) is 16.2. The van der Waals surface area contributed by atoms with Gasteiger partial charge in [0.25, 0.3) is 0 Å². The van der Waals surface area contributed by atoms with Crippen molar-refractivity contribution in [3.05, 3.63) is 107 Å². The van der Waals surface area contributed by atoms with Gasteiger partial charge in [0.1, 0.15) is 11.2 Å². The van der Waals surface area contributed by atoms with Gasteiger partial charge < -0.3 is 14.6 Å². The first kappa shape index (κ1) is 33.4. The predicted octanol–water partition coefficient (Wildman–Crippen LogP) is 10.00.